The predicted molar refractivity (Wildman–Crippen MR) is 61.2 cm³/mol. The zero-order valence-corrected chi connectivity index (χ0v) is 9.74. The Bertz CT molecular complexity index is 420. The lowest BCUT2D eigenvalue weighted by atomic mass is 10.3. The molecular formula is C10H7BrClNO. The summed E-state index contributed by atoms with van der Waals surface area (Å²) in [6, 6.07) is 5.14. The number of halogens is 2. The van der Waals surface area contributed by atoms with Gasteiger partial charge in [-0.1, -0.05) is 17.5 Å². The highest BCUT2D eigenvalue weighted by molar-refractivity contribution is 9.10. The van der Waals surface area contributed by atoms with Crippen molar-refractivity contribution in [3.63, 3.8) is 0 Å². The Morgan fingerprint density at radius 3 is 2.93 bits per heavy atom. The first-order valence-electron chi connectivity index (χ1n) is 3.82. The molecule has 1 N–H and O–H groups in total. The van der Waals surface area contributed by atoms with Gasteiger partial charge in [-0.25, -0.2) is 0 Å². The van der Waals surface area contributed by atoms with Gasteiger partial charge >= 0.3 is 0 Å². The van der Waals surface area contributed by atoms with E-state index in [4.69, 9.17) is 11.6 Å². The van der Waals surface area contributed by atoms with Gasteiger partial charge in [0, 0.05) is 9.50 Å². The van der Waals surface area contributed by atoms with E-state index in [9.17, 15) is 4.79 Å². The lowest BCUT2D eigenvalue weighted by molar-refractivity contribution is -0.111. The summed E-state index contributed by atoms with van der Waals surface area (Å²) in [5, 5.41) is 3.17. The van der Waals surface area contributed by atoms with Crippen LogP contribution < -0.4 is 5.32 Å². The average molecular weight is 273 g/mol. The highest BCUT2D eigenvalue weighted by Crippen LogP contribution is 2.25. The topological polar surface area (TPSA) is 29.1 Å². The summed E-state index contributed by atoms with van der Waals surface area (Å²) >= 11 is 9.06. The van der Waals surface area contributed by atoms with E-state index in [2.05, 4.69) is 33.1 Å². The summed E-state index contributed by atoms with van der Waals surface area (Å²) in [7, 11) is 0. The van der Waals surface area contributed by atoms with Gasteiger partial charge in [0.2, 0.25) is 0 Å². The third-order valence-electron chi connectivity index (χ3n) is 1.42. The van der Waals surface area contributed by atoms with Crippen molar-refractivity contribution in [1.29, 1.82) is 0 Å². The number of carbonyl (C=O) groups is 1. The smallest absolute Gasteiger partial charge is 0.300 e. The van der Waals surface area contributed by atoms with Gasteiger partial charge in [-0.15, -0.1) is 0 Å². The quantitative estimate of drug-likeness (QED) is 0.782. The molecular weight excluding hydrogens is 265 g/mol. The Morgan fingerprint density at radius 1 is 1.57 bits per heavy atom. The normalized spacial score (nSPS) is 8.79. The Kier molecular flexibility index (Phi) is 3.99. The molecule has 1 aromatic carbocycles. The van der Waals surface area contributed by atoms with Crippen LogP contribution in [-0.4, -0.2) is 5.91 Å². The molecule has 1 rings (SSSR count). The lowest BCUT2D eigenvalue weighted by Gasteiger charge is -2.03. The second-order valence-electron chi connectivity index (χ2n) is 2.45. The molecule has 0 fully saturated rings. The molecule has 0 unspecified atom stereocenters. The number of hydrogen-bond acceptors (Lipinski definition) is 1. The maximum Gasteiger partial charge on any atom is 0.300 e. The van der Waals surface area contributed by atoms with Gasteiger partial charge in [0.05, 0.1) is 5.69 Å². The minimum atomic E-state index is -0.351. The Morgan fingerprint density at radius 2 is 2.29 bits per heavy atom. The minimum Gasteiger partial charge on any atom is -0.314 e. The van der Waals surface area contributed by atoms with Crippen molar-refractivity contribution in [2.75, 3.05) is 5.32 Å². The fraction of sp³-hybridized carbons (Fsp3) is 0.100. The second kappa shape index (κ2) is 5.04. The van der Waals surface area contributed by atoms with Gasteiger partial charge in [-0.05, 0) is 47.0 Å². The van der Waals surface area contributed by atoms with Crippen LogP contribution in [0, 0.1) is 11.8 Å². The van der Waals surface area contributed by atoms with Crippen molar-refractivity contribution >= 4 is 39.1 Å². The van der Waals surface area contributed by atoms with E-state index >= 15 is 0 Å². The second-order valence-corrected chi connectivity index (χ2v) is 3.74. The van der Waals surface area contributed by atoms with Gasteiger partial charge in [0.15, 0.2) is 0 Å². The third-order valence-corrected chi connectivity index (χ3v) is 2.34. The van der Waals surface area contributed by atoms with Gasteiger partial charge in [0.25, 0.3) is 5.91 Å². The first-order chi connectivity index (χ1) is 6.63. The summed E-state index contributed by atoms with van der Waals surface area (Å²) < 4.78 is 0.771. The molecule has 1 aromatic rings. The molecule has 14 heavy (non-hydrogen) atoms. The van der Waals surface area contributed by atoms with Crippen molar-refractivity contribution in [2.45, 2.75) is 6.92 Å². The molecule has 0 radical (unpaired) electrons. The summed E-state index contributed by atoms with van der Waals surface area (Å²) in [4.78, 5) is 11.1. The molecule has 0 aromatic heterocycles. The maximum atomic E-state index is 11.1. The van der Waals surface area contributed by atoms with Crippen molar-refractivity contribution in [3.05, 3.63) is 27.7 Å². The predicted octanol–water partition coefficient (Wildman–Crippen LogP) is 3.06. The SMILES string of the molecule is CC#CC(=O)Nc1cc(Cl)ccc1Br. The molecule has 0 aliphatic rings. The standard InChI is InChI=1S/C10H7BrClNO/c1-2-3-10(14)13-9-6-7(12)4-5-8(9)11/h4-6H,1H3,(H,13,14). The average Bonchev–Trinajstić information content (AvgIpc) is 2.12. The van der Waals surface area contributed by atoms with Crippen LogP contribution in [-0.2, 0) is 4.79 Å². The van der Waals surface area contributed by atoms with Gasteiger partial charge in [-0.2, -0.15) is 0 Å². The van der Waals surface area contributed by atoms with Crippen molar-refractivity contribution in [3.8, 4) is 11.8 Å². The largest absolute Gasteiger partial charge is 0.314 e. The van der Waals surface area contributed by atoms with Crippen LogP contribution in [0.1, 0.15) is 6.92 Å². The van der Waals surface area contributed by atoms with E-state index in [-0.39, 0.29) is 5.91 Å². The number of anilines is 1. The summed E-state index contributed by atoms with van der Waals surface area (Å²) in [5.41, 5.74) is 0.616. The molecule has 1 amide bonds. The molecule has 0 spiro atoms. The van der Waals surface area contributed by atoms with E-state index in [1.807, 2.05) is 0 Å². The molecule has 0 atom stereocenters. The van der Waals surface area contributed by atoms with Crippen molar-refractivity contribution in [2.24, 2.45) is 0 Å². The van der Waals surface area contributed by atoms with E-state index < -0.39 is 0 Å². The number of carbonyl (C=O) groups excluding carboxylic acids is 1. The fourth-order valence-electron chi connectivity index (χ4n) is 0.860. The van der Waals surface area contributed by atoms with Crippen LogP contribution in [0.3, 0.4) is 0 Å². The molecule has 0 heterocycles. The molecule has 0 saturated heterocycles. The molecule has 4 heteroatoms. The molecule has 0 aliphatic heterocycles. The fourth-order valence-corrected chi connectivity index (χ4v) is 1.38. The lowest BCUT2D eigenvalue weighted by Crippen LogP contribution is -2.08. The van der Waals surface area contributed by atoms with Crippen LogP contribution in [0.25, 0.3) is 0 Å². The molecule has 0 saturated carbocycles. The van der Waals surface area contributed by atoms with Crippen LogP contribution in [0.15, 0.2) is 22.7 Å². The molecule has 2 nitrogen and oxygen atoms in total. The van der Waals surface area contributed by atoms with Crippen molar-refractivity contribution < 1.29 is 4.79 Å². The number of rotatable bonds is 1. The van der Waals surface area contributed by atoms with E-state index in [1.54, 1.807) is 25.1 Å². The molecule has 72 valence electrons. The number of nitrogens with one attached hydrogen (secondary N) is 1. The van der Waals surface area contributed by atoms with Crippen LogP contribution in [0.4, 0.5) is 5.69 Å². The molecule has 0 bridgehead atoms. The maximum absolute atomic E-state index is 11.1. The zero-order chi connectivity index (χ0) is 10.6. The van der Waals surface area contributed by atoms with Crippen LogP contribution in [0.2, 0.25) is 5.02 Å². The van der Waals surface area contributed by atoms with Crippen molar-refractivity contribution in [1.82, 2.24) is 0 Å². The van der Waals surface area contributed by atoms with E-state index in [1.165, 1.54) is 0 Å². The number of amides is 1. The minimum absolute atomic E-state index is 0.351. The Labute approximate surface area is 95.8 Å². The van der Waals surface area contributed by atoms with E-state index in [0.717, 1.165) is 4.47 Å². The third kappa shape index (κ3) is 3.06. The van der Waals surface area contributed by atoms with Crippen LogP contribution in [0.5, 0.6) is 0 Å². The highest BCUT2D eigenvalue weighted by Gasteiger charge is 2.03. The monoisotopic (exact) mass is 271 g/mol. The zero-order valence-electron chi connectivity index (χ0n) is 7.40. The van der Waals surface area contributed by atoms with Gasteiger partial charge < -0.3 is 5.32 Å². The Balaban J connectivity index is 2.89. The van der Waals surface area contributed by atoms with Crippen LogP contribution >= 0.6 is 27.5 Å². The Hall–Kier alpha value is -0.980. The summed E-state index contributed by atoms with van der Waals surface area (Å²) in [6.07, 6.45) is 0. The highest BCUT2D eigenvalue weighted by atomic mass is 79.9. The molecule has 0 aliphatic carbocycles. The first-order valence-corrected chi connectivity index (χ1v) is 4.99. The van der Waals surface area contributed by atoms with E-state index in [0.29, 0.717) is 10.7 Å². The number of hydrogen-bond donors (Lipinski definition) is 1. The number of benzene rings is 1. The summed E-state index contributed by atoms with van der Waals surface area (Å²) in [5.74, 6) is 4.54. The van der Waals surface area contributed by atoms with Gasteiger partial charge in [0.1, 0.15) is 0 Å². The van der Waals surface area contributed by atoms with Gasteiger partial charge in [-0.3, -0.25) is 4.79 Å². The summed E-state index contributed by atoms with van der Waals surface area (Å²) in [6.45, 7) is 1.60. The first kappa shape index (κ1) is 11.1.